The second kappa shape index (κ2) is 8.21. The summed E-state index contributed by atoms with van der Waals surface area (Å²) in [6.45, 7) is 0. The largest absolute Gasteiger partial charge is 0.469 e. The zero-order valence-corrected chi connectivity index (χ0v) is 10.6. The molecule has 0 rings (SSSR count). The fraction of sp³-hybridized carbons (Fsp3) is 0.636. The third kappa shape index (κ3) is 5.42. The number of Topliss-reactive ketones (excluding diaryl/α,β-unsaturated/α-hetero) is 1. The Morgan fingerprint density at radius 1 is 1.11 bits per heavy atom. The normalized spacial score (nSPS) is 11.3. The first kappa shape index (κ1) is 16.1. The van der Waals surface area contributed by atoms with E-state index in [2.05, 4.69) is 14.8 Å². The maximum Gasteiger partial charge on any atom is 0.374 e. The molecule has 7 heteroatoms. The van der Waals surface area contributed by atoms with E-state index in [1.807, 2.05) is 0 Å². The van der Waals surface area contributed by atoms with Crippen LogP contribution in [0.25, 0.3) is 0 Å². The summed E-state index contributed by atoms with van der Waals surface area (Å²) in [5, 5.41) is 2.40. The number of hydrogen-bond acceptors (Lipinski definition) is 6. The maximum absolute atomic E-state index is 11.4. The molecule has 0 radical (unpaired) electrons. The summed E-state index contributed by atoms with van der Waals surface area (Å²) >= 11 is 0. The standard InChI is InChI=1S/C11H17NO6/c1-12-9(14)5-4-7(10(15)17-2)6-8(13)11(16)18-3/h7H,4-6H2,1-3H3,(H,12,14). The van der Waals surface area contributed by atoms with Crippen molar-refractivity contribution in [3.63, 3.8) is 0 Å². The summed E-state index contributed by atoms with van der Waals surface area (Å²) in [5.41, 5.74) is 0. The fourth-order valence-electron chi connectivity index (χ4n) is 1.32. The number of ether oxygens (including phenoxy) is 2. The van der Waals surface area contributed by atoms with Crippen molar-refractivity contribution in [2.24, 2.45) is 5.92 Å². The summed E-state index contributed by atoms with van der Waals surface area (Å²) in [6, 6.07) is 0. The lowest BCUT2D eigenvalue weighted by Crippen LogP contribution is -2.27. The van der Waals surface area contributed by atoms with Gasteiger partial charge in [0.05, 0.1) is 20.1 Å². The summed E-state index contributed by atoms with van der Waals surface area (Å²) in [5.74, 6) is -3.53. The highest BCUT2D eigenvalue weighted by Crippen LogP contribution is 2.14. The van der Waals surface area contributed by atoms with Crippen molar-refractivity contribution in [3.8, 4) is 0 Å². The Morgan fingerprint density at radius 2 is 1.72 bits per heavy atom. The predicted molar refractivity (Wildman–Crippen MR) is 60.4 cm³/mol. The molecule has 1 unspecified atom stereocenters. The van der Waals surface area contributed by atoms with E-state index in [9.17, 15) is 19.2 Å². The SMILES string of the molecule is CNC(=O)CCC(CC(=O)C(=O)OC)C(=O)OC. The van der Waals surface area contributed by atoms with Crippen molar-refractivity contribution in [1.29, 1.82) is 0 Å². The monoisotopic (exact) mass is 259 g/mol. The molecule has 0 aliphatic heterocycles. The van der Waals surface area contributed by atoms with Crippen LogP contribution in [0.5, 0.6) is 0 Å². The van der Waals surface area contributed by atoms with Gasteiger partial charge in [0.1, 0.15) is 0 Å². The van der Waals surface area contributed by atoms with E-state index < -0.39 is 23.6 Å². The molecule has 0 saturated carbocycles. The van der Waals surface area contributed by atoms with Gasteiger partial charge in [0.25, 0.3) is 0 Å². The van der Waals surface area contributed by atoms with Gasteiger partial charge >= 0.3 is 11.9 Å². The topological polar surface area (TPSA) is 98.8 Å². The van der Waals surface area contributed by atoms with Crippen LogP contribution in [-0.4, -0.2) is 44.9 Å². The average Bonchev–Trinajstić information content (AvgIpc) is 2.40. The molecule has 1 amide bonds. The summed E-state index contributed by atoms with van der Waals surface area (Å²) < 4.78 is 8.77. The highest BCUT2D eigenvalue weighted by molar-refractivity contribution is 6.33. The molecule has 1 N–H and O–H groups in total. The molecule has 7 nitrogen and oxygen atoms in total. The van der Waals surface area contributed by atoms with Gasteiger partial charge in [-0.3, -0.25) is 14.4 Å². The molecule has 0 heterocycles. The van der Waals surface area contributed by atoms with Crippen LogP contribution in [0, 0.1) is 5.92 Å². The predicted octanol–water partition coefficient (Wildman–Crippen LogP) is -0.566. The molecule has 0 aromatic carbocycles. The second-order valence-corrected chi connectivity index (χ2v) is 3.55. The lowest BCUT2D eigenvalue weighted by atomic mass is 9.97. The molecule has 0 fully saturated rings. The van der Waals surface area contributed by atoms with E-state index in [4.69, 9.17) is 0 Å². The molecule has 0 spiro atoms. The summed E-state index contributed by atoms with van der Waals surface area (Å²) in [6.07, 6.45) is -0.115. The van der Waals surface area contributed by atoms with Crippen LogP contribution in [0.4, 0.5) is 0 Å². The van der Waals surface area contributed by atoms with Crippen molar-refractivity contribution in [2.75, 3.05) is 21.3 Å². The Morgan fingerprint density at radius 3 is 2.17 bits per heavy atom. The van der Waals surface area contributed by atoms with Gasteiger partial charge in [-0.15, -0.1) is 0 Å². The summed E-state index contributed by atoms with van der Waals surface area (Å²) in [7, 11) is 3.73. The Hall–Kier alpha value is -1.92. The number of esters is 2. The molecule has 0 aromatic heterocycles. The highest BCUT2D eigenvalue weighted by atomic mass is 16.5. The quantitative estimate of drug-likeness (QED) is 0.486. The first-order valence-electron chi connectivity index (χ1n) is 5.35. The molecule has 102 valence electrons. The molecular weight excluding hydrogens is 242 g/mol. The van der Waals surface area contributed by atoms with E-state index >= 15 is 0 Å². The van der Waals surface area contributed by atoms with Crippen LogP contribution in [0.3, 0.4) is 0 Å². The van der Waals surface area contributed by atoms with Crippen LogP contribution in [-0.2, 0) is 28.7 Å². The average molecular weight is 259 g/mol. The van der Waals surface area contributed by atoms with Gasteiger partial charge in [0, 0.05) is 19.9 Å². The molecule has 0 saturated heterocycles. The molecule has 0 aliphatic rings. The highest BCUT2D eigenvalue weighted by Gasteiger charge is 2.26. The van der Waals surface area contributed by atoms with E-state index in [1.165, 1.54) is 14.2 Å². The molecule has 0 aliphatic carbocycles. The number of rotatable bonds is 7. The lowest BCUT2D eigenvalue weighted by Gasteiger charge is -2.12. The molecular formula is C11H17NO6. The minimum Gasteiger partial charge on any atom is -0.469 e. The Bertz CT molecular complexity index is 338. The molecule has 18 heavy (non-hydrogen) atoms. The lowest BCUT2D eigenvalue weighted by molar-refractivity contribution is -0.154. The van der Waals surface area contributed by atoms with Crippen LogP contribution < -0.4 is 5.32 Å². The number of carbonyl (C=O) groups excluding carboxylic acids is 4. The minimum absolute atomic E-state index is 0.0741. The Kier molecular flexibility index (Phi) is 7.34. The van der Waals surface area contributed by atoms with Gasteiger partial charge in [-0.05, 0) is 6.42 Å². The number of amides is 1. The van der Waals surface area contributed by atoms with Crippen molar-refractivity contribution in [3.05, 3.63) is 0 Å². The number of nitrogens with one attached hydrogen (secondary N) is 1. The van der Waals surface area contributed by atoms with Crippen molar-refractivity contribution < 1.29 is 28.7 Å². The maximum atomic E-state index is 11.4. The summed E-state index contributed by atoms with van der Waals surface area (Å²) in [4.78, 5) is 44.7. The van der Waals surface area contributed by atoms with Crippen molar-refractivity contribution in [2.45, 2.75) is 19.3 Å². The van der Waals surface area contributed by atoms with Gasteiger partial charge in [-0.1, -0.05) is 0 Å². The third-order valence-corrected chi connectivity index (χ3v) is 2.38. The van der Waals surface area contributed by atoms with Crippen molar-refractivity contribution >= 4 is 23.6 Å². The van der Waals surface area contributed by atoms with Crippen LogP contribution in [0.15, 0.2) is 0 Å². The number of hydrogen-bond donors (Lipinski definition) is 1. The first-order chi connectivity index (χ1) is 8.46. The van der Waals surface area contributed by atoms with Gasteiger partial charge < -0.3 is 14.8 Å². The van der Waals surface area contributed by atoms with Gasteiger partial charge in [-0.2, -0.15) is 0 Å². The first-order valence-corrected chi connectivity index (χ1v) is 5.35. The Labute approximate surface area is 105 Å². The fourth-order valence-corrected chi connectivity index (χ4v) is 1.32. The van der Waals surface area contributed by atoms with Crippen molar-refractivity contribution in [1.82, 2.24) is 5.32 Å². The zero-order valence-electron chi connectivity index (χ0n) is 10.6. The van der Waals surface area contributed by atoms with Crippen LogP contribution in [0.1, 0.15) is 19.3 Å². The minimum atomic E-state index is -1.01. The van der Waals surface area contributed by atoms with E-state index in [1.54, 1.807) is 0 Å². The van der Waals surface area contributed by atoms with Gasteiger partial charge in [0.2, 0.25) is 11.7 Å². The smallest absolute Gasteiger partial charge is 0.374 e. The molecule has 0 aromatic rings. The molecule has 1 atom stereocenters. The number of ketones is 1. The van der Waals surface area contributed by atoms with E-state index in [0.717, 1.165) is 7.11 Å². The third-order valence-electron chi connectivity index (χ3n) is 2.38. The second-order valence-electron chi connectivity index (χ2n) is 3.55. The van der Waals surface area contributed by atoms with Crippen LogP contribution >= 0.6 is 0 Å². The van der Waals surface area contributed by atoms with Crippen LogP contribution in [0.2, 0.25) is 0 Å². The number of carbonyl (C=O) groups is 4. The van der Waals surface area contributed by atoms with E-state index in [-0.39, 0.29) is 25.2 Å². The zero-order chi connectivity index (χ0) is 14.1. The number of methoxy groups -OCH3 is 2. The molecule has 0 bridgehead atoms. The van der Waals surface area contributed by atoms with Gasteiger partial charge in [0.15, 0.2) is 0 Å². The van der Waals surface area contributed by atoms with Gasteiger partial charge in [-0.25, -0.2) is 4.79 Å². The van der Waals surface area contributed by atoms with E-state index in [0.29, 0.717) is 0 Å². The Balaban J connectivity index is 4.50.